The minimum atomic E-state index is -0.972. The first-order chi connectivity index (χ1) is 14.5. The summed E-state index contributed by atoms with van der Waals surface area (Å²) in [6, 6.07) is 11.6. The fourth-order valence-corrected chi connectivity index (χ4v) is 4.10. The molecule has 0 radical (unpaired) electrons. The topological polar surface area (TPSA) is 110 Å². The molecule has 30 heavy (non-hydrogen) atoms. The smallest absolute Gasteiger partial charge is 0.307 e. The van der Waals surface area contributed by atoms with E-state index in [4.69, 9.17) is 4.74 Å². The van der Waals surface area contributed by atoms with E-state index in [9.17, 15) is 25.1 Å². The number of aliphatic hydroxyl groups excluding tert-OH is 2. The molecular formula is C23H27NO6. The van der Waals surface area contributed by atoms with Crippen LogP contribution in [0.4, 0.5) is 5.69 Å². The van der Waals surface area contributed by atoms with Gasteiger partial charge in [-0.2, -0.15) is 0 Å². The van der Waals surface area contributed by atoms with Gasteiger partial charge in [0, 0.05) is 12.5 Å². The number of ether oxygens (including phenoxy) is 1. The molecule has 7 nitrogen and oxygen atoms in total. The molecule has 1 atom stereocenters. The standard InChI is InChI=1S/C23H27NO6/c25-14-18-12-20(21(24(28)29)13-19(18)15-26)23(17-9-5-2-6-10-17)30-22(27)11-16-7-3-1-4-8-16/h2,5-6,9-10,12-13,16,23,25-26H,1,3-4,7-8,11,14-15H2. The van der Waals surface area contributed by atoms with Crippen molar-refractivity contribution in [2.75, 3.05) is 0 Å². The number of benzene rings is 2. The number of esters is 1. The predicted octanol–water partition coefficient (Wildman–Crippen LogP) is 4.18. The van der Waals surface area contributed by atoms with Crippen LogP contribution in [0.2, 0.25) is 0 Å². The lowest BCUT2D eigenvalue weighted by atomic mass is 9.87. The maximum Gasteiger partial charge on any atom is 0.307 e. The molecule has 2 aromatic carbocycles. The largest absolute Gasteiger partial charge is 0.452 e. The van der Waals surface area contributed by atoms with Crippen molar-refractivity contribution in [2.45, 2.75) is 57.8 Å². The van der Waals surface area contributed by atoms with Gasteiger partial charge in [-0.1, -0.05) is 49.6 Å². The fraction of sp³-hybridized carbons (Fsp3) is 0.435. The van der Waals surface area contributed by atoms with E-state index in [-0.39, 0.29) is 28.7 Å². The maximum absolute atomic E-state index is 12.7. The zero-order valence-electron chi connectivity index (χ0n) is 16.8. The van der Waals surface area contributed by atoms with E-state index in [1.807, 2.05) is 6.07 Å². The van der Waals surface area contributed by atoms with Crippen molar-refractivity contribution in [1.29, 1.82) is 0 Å². The number of hydrogen-bond acceptors (Lipinski definition) is 6. The molecule has 3 rings (SSSR count). The van der Waals surface area contributed by atoms with Crippen molar-refractivity contribution in [3.63, 3.8) is 0 Å². The van der Waals surface area contributed by atoms with Crippen LogP contribution in [0.5, 0.6) is 0 Å². The molecule has 7 heteroatoms. The van der Waals surface area contributed by atoms with Crippen LogP contribution in [-0.4, -0.2) is 21.1 Å². The van der Waals surface area contributed by atoms with E-state index in [1.54, 1.807) is 24.3 Å². The van der Waals surface area contributed by atoms with Gasteiger partial charge in [0.05, 0.1) is 23.7 Å². The maximum atomic E-state index is 12.7. The quantitative estimate of drug-likeness (QED) is 0.382. The third-order valence-electron chi connectivity index (χ3n) is 5.70. The highest BCUT2D eigenvalue weighted by Gasteiger charge is 2.29. The van der Waals surface area contributed by atoms with Crippen molar-refractivity contribution in [3.8, 4) is 0 Å². The molecule has 0 amide bonds. The predicted molar refractivity (Wildman–Crippen MR) is 111 cm³/mol. The third-order valence-corrected chi connectivity index (χ3v) is 5.70. The van der Waals surface area contributed by atoms with Gasteiger partial charge in [0.25, 0.3) is 5.69 Å². The molecule has 0 heterocycles. The van der Waals surface area contributed by atoms with Crippen molar-refractivity contribution < 1.29 is 24.7 Å². The Morgan fingerprint density at radius 1 is 1.07 bits per heavy atom. The molecule has 0 aromatic heterocycles. The molecule has 1 aliphatic carbocycles. The summed E-state index contributed by atoms with van der Waals surface area (Å²) in [4.78, 5) is 23.9. The van der Waals surface area contributed by atoms with Gasteiger partial charge in [-0.15, -0.1) is 0 Å². The highest BCUT2D eigenvalue weighted by molar-refractivity contribution is 5.71. The number of carbonyl (C=O) groups is 1. The molecule has 0 spiro atoms. The minimum Gasteiger partial charge on any atom is -0.452 e. The van der Waals surface area contributed by atoms with Crippen LogP contribution in [0, 0.1) is 16.0 Å². The number of rotatable bonds is 8. The van der Waals surface area contributed by atoms with Gasteiger partial charge < -0.3 is 14.9 Å². The van der Waals surface area contributed by atoms with Crippen LogP contribution in [0.1, 0.15) is 66.9 Å². The molecule has 2 aromatic rings. The first kappa shape index (κ1) is 21.9. The summed E-state index contributed by atoms with van der Waals surface area (Å²) in [5, 5.41) is 30.9. The molecule has 1 fully saturated rings. The normalized spacial score (nSPS) is 15.5. The van der Waals surface area contributed by atoms with Gasteiger partial charge >= 0.3 is 5.97 Å². The zero-order valence-corrected chi connectivity index (χ0v) is 16.8. The second kappa shape index (κ2) is 10.3. The Kier molecular flexibility index (Phi) is 7.54. The molecule has 0 bridgehead atoms. The molecule has 1 aliphatic rings. The van der Waals surface area contributed by atoms with E-state index in [1.165, 1.54) is 18.6 Å². The van der Waals surface area contributed by atoms with Crippen molar-refractivity contribution in [1.82, 2.24) is 0 Å². The number of hydrogen-bond donors (Lipinski definition) is 2. The number of carbonyl (C=O) groups excluding carboxylic acids is 1. The first-order valence-corrected chi connectivity index (χ1v) is 10.3. The highest BCUT2D eigenvalue weighted by Crippen LogP contribution is 2.36. The van der Waals surface area contributed by atoms with Gasteiger partial charge in [0.1, 0.15) is 0 Å². The molecule has 0 saturated heterocycles. The van der Waals surface area contributed by atoms with E-state index in [0.29, 0.717) is 17.5 Å². The van der Waals surface area contributed by atoms with E-state index < -0.39 is 24.2 Å². The van der Waals surface area contributed by atoms with Gasteiger partial charge in [0.15, 0.2) is 6.10 Å². The van der Waals surface area contributed by atoms with Crippen LogP contribution in [0.3, 0.4) is 0 Å². The number of aliphatic hydroxyl groups is 2. The van der Waals surface area contributed by atoms with Gasteiger partial charge in [0.2, 0.25) is 0 Å². The average Bonchev–Trinajstić information content (AvgIpc) is 2.77. The van der Waals surface area contributed by atoms with Crippen molar-refractivity contribution in [3.05, 3.63) is 74.8 Å². The van der Waals surface area contributed by atoms with E-state index in [0.717, 1.165) is 25.7 Å². The van der Waals surface area contributed by atoms with Crippen LogP contribution < -0.4 is 0 Å². The Bertz CT molecular complexity index is 877. The lowest BCUT2D eigenvalue weighted by Gasteiger charge is -2.24. The SMILES string of the molecule is O=C(CC1CCCCC1)OC(c1ccccc1)c1cc(CO)c(CO)cc1[N+](=O)[O-]. The second-order valence-corrected chi connectivity index (χ2v) is 7.74. The summed E-state index contributed by atoms with van der Waals surface area (Å²) in [5.41, 5.74) is 1.17. The van der Waals surface area contributed by atoms with E-state index >= 15 is 0 Å². The summed E-state index contributed by atoms with van der Waals surface area (Å²) in [6.45, 7) is -0.826. The monoisotopic (exact) mass is 413 g/mol. The van der Waals surface area contributed by atoms with Crippen LogP contribution >= 0.6 is 0 Å². The molecule has 1 unspecified atom stereocenters. The molecule has 1 saturated carbocycles. The Hall–Kier alpha value is -2.77. The molecular weight excluding hydrogens is 386 g/mol. The summed E-state index contributed by atoms with van der Waals surface area (Å²) in [5.74, 6) is -0.107. The molecule has 2 N–H and O–H groups in total. The first-order valence-electron chi connectivity index (χ1n) is 10.3. The third kappa shape index (κ3) is 5.23. The summed E-state index contributed by atoms with van der Waals surface area (Å²) >= 11 is 0. The Morgan fingerprint density at radius 2 is 1.70 bits per heavy atom. The Morgan fingerprint density at radius 3 is 2.30 bits per heavy atom. The van der Waals surface area contributed by atoms with Crippen molar-refractivity contribution in [2.24, 2.45) is 5.92 Å². The van der Waals surface area contributed by atoms with Gasteiger partial charge in [-0.3, -0.25) is 14.9 Å². The zero-order chi connectivity index (χ0) is 21.5. The average molecular weight is 413 g/mol. The molecule has 0 aliphatic heterocycles. The van der Waals surface area contributed by atoms with Gasteiger partial charge in [-0.05, 0) is 41.5 Å². The fourth-order valence-electron chi connectivity index (χ4n) is 4.10. The summed E-state index contributed by atoms with van der Waals surface area (Å²) in [7, 11) is 0. The summed E-state index contributed by atoms with van der Waals surface area (Å²) in [6.07, 6.45) is 4.70. The second-order valence-electron chi connectivity index (χ2n) is 7.74. The Labute approximate surface area is 175 Å². The number of nitrogens with zero attached hydrogens (tertiary/aromatic N) is 1. The number of nitro groups is 1. The van der Waals surface area contributed by atoms with E-state index in [2.05, 4.69) is 0 Å². The lowest BCUT2D eigenvalue weighted by molar-refractivity contribution is -0.386. The Balaban J connectivity index is 1.98. The summed E-state index contributed by atoms with van der Waals surface area (Å²) < 4.78 is 5.80. The van der Waals surface area contributed by atoms with Gasteiger partial charge in [-0.25, -0.2) is 0 Å². The number of nitro benzene ring substituents is 1. The molecule has 160 valence electrons. The van der Waals surface area contributed by atoms with Crippen LogP contribution in [0.25, 0.3) is 0 Å². The van der Waals surface area contributed by atoms with Crippen LogP contribution in [-0.2, 0) is 22.7 Å². The van der Waals surface area contributed by atoms with Crippen LogP contribution in [0.15, 0.2) is 42.5 Å². The van der Waals surface area contributed by atoms with Crippen molar-refractivity contribution >= 4 is 11.7 Å². The highest BCUT2D eigenvalue weighted by atomic mass is 16.6. The lowest BCUT2D eigenvalue weighted by Crippen LogP contribution is -2.19. The minimum absolute atomic E-state index is 0.185.